The average Bonchev–Trinajstić information content (AvgIpc) is 2.56. The second kappa shape index (κ2) is 8.27. The number of benzene rings is 2. The van der Waals surface area contributed by atoms with Crippen LogP contribution in [0.3, 0.4) is 0 Å². The fourth-order valence-electron chi connectivity index (χ4n) is 2.72. The van der Waals surface area contributed by atoms with Gasteiger partial charge in [0, 0.05) is 25.2 Å². The summed E-state index contributed by atoms with van der Waals surface area (Å²) in [5, 5.41) is 0. The standard InChI is InChI=1S/C19H24N2O3S/c1-4-21(17-8-6-5-7-9-17)19(22)12-13-20-25(23,24)18-11-10-15(2)14-16(18)3/h5-11,14,20H,4,12-13H2,1-3H3. The number of carbonyl (C=O) groups excluding carboxylic acids is 1. The molecule has 0 radical (unpaired) electrons. The summed E-state index contributed by atoms with van der Waals surface area (Å²) in [6, 6.07) is 14.5. The average molecular weight is 360 g/mol. The fourth-order valence-corrected chi connectivity index (χ4v) is 3.97. The summed E-state index contributed by atoms with van der Waals surface area (Å²) in [6.07, 6.45) is 0.104. The van der Waals surface area contributed by atoms with Crippen LogP contribution in [-0.2, 0) is 14.8 Å². The zero-order valence-electron chi connectivity index (χ0n) is 14.8. The Kier molecular flexibility index (Phi) is 6.33. The van der Waals surface area contributed by atoms with Gasteiger partial charge in [0.25, 0.3) is 0 Å². The van der Waals surface area contributed by atoms with Gasteiger partial charge in [-0.05, 0) is 44.5 Å². The number of hydrogen-bond acceptors (Lipinski definition) is 3. The predicted octanol–water partition coefficient (Wildman–Crippen LogP) is 3.02. The van der Waals surface area contributed by atoms with Crippen molar-refractivity contribution in [2.75, 3.05) is 18.0 Å². The van der Waals surface area contributed by atoms with Gasteiger partial charge in [-0.1, -0.05) is 35.9 Å². The molecular weight excluding hydrogens is 336 g/mol. The number of hydrogen-bond donors (Lipinski definition) is 1. The molecule has 2 aromatic carbocycles. The lowest BCUT2D eigenvalue weighted by atomic mass is 10.2. The molecule has 0 spiro atoms. The molecular formula is C19H24N2O3S. The topological polar surface area (TPSA) is 66.5 Å². The molecule has 0 fully saturated rings. The maximum absolute atomic E-state index is 12.4. The number of aryl methyl sites for hydroxylation is 2. The molecule has 134 valence electrons. The first-order chi connectivity index (χ1) is 11.8. The number of anilines is 1. The van der Waals surface area contributed by atoms with Crippen molar-refractivity contribution in [3.63, 3.8) is 0 Å². The molecule has 0 heterocycles. The molecule has 1 amide bonds. The van der Waals surface area contributed by atoms with Crippen LogP contribution in [0.5, 0.6) is 0 Å². The van der Waals surface area contributed by atoms with Gasteiger partial charge in [0.05, 0.1) is 4.90 Å². The summed E-state index contributed by atoms with van der Waals surface area (Å²) < 4.78 is 27.4. The Morgan fingerprint density at radius 2 is 1.76 bits per heavy atom. The SMILES string of the molecule is CCN(C(=O)CCNS(=O)(=O)c1ccc(C)cc1C)c1ccccc1. The number of amides is 1. The van der Waals surface area contributed by atoms with Crippen LogP contribution >= 0.6 is 0 Å². The minimum atomic E-state index is -3.62. The van der Waals surface area contributed by atoms with E-state index in [-0.39, 0.29) is 23.8 Å². The predicted molar refractivity (Wildman–Crippen MR) is 100 cm³/mol. The molecule has 5 nitrogen and oxygen atoms in total. The van der Waals surface area contributed by atoms with Crippen LogP contribution in [0.15, 0.2) is 53.4 Å². The van der Waals surface area contributed by atoms with Crippen LogP contribution in [0.25, 0.3) is 0 Å². The monoisotopic (exact) mass is 360 g/mol. The molecule has 0 aliphatic rings. The van der Waals surface area contributed by atoms with E-state index in [0.717, 1.165) is 11.3 Å². The van der Waals surface area contributed by atoms with Gasteiger partial charge in [-0.2, -0.15) is 0 Å². The van der Waals surface area contributed by atoms with E-state index >= 15 is 0 Å². The van der Waals surface area contributed by atoms with Crippen molar-refractivity contribution in [1.29, 1.82) is 0 Å². The Morgan fingerprint density at radius 1 is 1.08 bits per heavy atom. The van der Waals surface area contributed by atoms with Gasteiger partial charge in [0.15, 0.2) is 0 Å². The molecule has 0 unspecified atom stereocenters. The van der Waals surface area contributed by atoms with Gasteiger partial charge < -0.3 is 4.90 Å². The van der Waals surface area contributed by atoms with Crippen molar-refractivity contribution in [2.45, 2.75) is 32.1 Å². The minimum Gasteiger partial charge on any atom is -0.313 e. The molecule has 25 heavy (non-hydrogen) atoms. The van der Waals surface area contributed by atoms with Crippen LogP contribution in [-0.4, -0.2) is 27.4 Å². The number of nitrogens with one attached hydrogen (secondary N) is 1. The maximum Gasteiger partial charge on any atom is 0.240 e. The van der Waals surface area contributed by atoms with E-state index in [9.17, 15) is 13.2 Å². The molecule has 0 saturated carbocycles. The Morgan fingerprint density at radius 3 is 2.36 bits per heavy atom. The van der Waals surface area contributed by atoms with Crippen LogP contribution in [0.4, 0.5) is 5.69 Å². The summed E-state index contributed by atoms with van der Waals surface area (Å²) in [5.74, 6) is -0.114. The third-order valence-corrected chi connectivity index (χ3v) is 5.56. The Bertz CT molecular complexity index is 833. The molecule has 0 aliphatic carbocycles. The zero-order valence-corrected chi connectivity index (χ0v) is 15.6. The highest BCUT2D eigenvalue weighted by Gasteiger charge is 2.18. The third-order valence-electron chi connectivity index (χ3n) is 3.94. The fraction of sp³-hybridized carbons (Fsp3) is 0.316. The first kappa shape index (κ1) is 19.1. The number of carbonyl (C=O) groups is 1. The largest absolute Gasteiger partial charge is 0.313 e. The van der Waals surface area contributed by atoms with Gasteiger partial charge in [-0.25, -0.2) is 13.1 Å². The van der Waals surface area contributed by atoms with E-state index in [4.69, 9.17) is 0 Å². The summed E-state index contributed by atoms with van der Waals surface area (Å²) in [4.78, 5) is 14.3. The lowest BCUT2D eigenvalue weighted by Gasteiger charge is -2.21. The number of rotatable bonds is 7. The molecule has 0 aromatic heterocycles. The van der Waals surface area contributed by atoms with Crippen molar-refractivity contribution in [3.8, 4) is 0 Å². The van der Waals surface area contributed by atoms with Crippen molar-refractivity contribution in [2.24, 2.45) is 0 Å². The van der Waals surface area contributed by atoms with Gasteiger partial charge in [0.2, 0.25) is 15.9 Å². The van der Waals surface area contributed by atoms with Gasteiger partial charge in [-0.3, -0.25) is 4.79 Å². The van der Waals surface area contributed by atoms with E-state index < -0.39 is 10.0 Å². The minimum absolute atomic E-state index is 0.0673. The molecule has 6 heteroatoms. The van der Waals surface area contributed by atoms with E-state index in [0.29, 0.717) is 12.1 Å². The lowest BCUT2D eigenvalue weighted by molar-refractivity contribution is -0.118. The van der Waals surface area contributed by atoms with Crippen LogP contribution < -0.4 is 9.62 Å². The van der Waals surface area contributed by atoms with E-state index in [1.54, 1.807) is 24.0 Å². The van der Waals surface area contributed by atoms with Crippen molar-refractivity contribution in [1.82, 2.24) is 4.72 Å². The molecule has 2 aromatic rings. The van der Waals surface area contributed by atoms with E-state index in [1.165, 1.54) is 0 Å². The lowest BCUT2D eigenvalue weighted by Crippen LogP contribution is -2.34. The highest BCUT2D eigenvalue weighted by Crippen LogP contribution is 2.17. The highest BCUT2D eigenvalue weighted by molar-refractivity contribution is 7.89. The molecule has 0 aliphatic heterocycles. The second-order valence-electron chi connectivity index (χ2n) is 5.89. The summed E-state index contributed by atoms with van der Waals surface area (Å²) >= 11 is 0. The van der Waals surface area contributed by atoms with Crippen molar-refractivity contribution in [3.05, 3.63) is 59.7 Å². The molecule has 0 atom stereocenters. The van der Waals surface area contributed by atoms with E-state index in [1.807, 2.05) is 50.2 Å². The highest BCUT2D eigenvalue weighted by atomic mass is 32.2. The molecule has 1 N–H and O–H groups in total. The Labute approximate surface area is 149 Å². The van der Waals surface area contributed by atoms with Crippen molar-refractivity contribution >= 4 is 21.6 Å². The van der Waals surface area contributed by atoms with E-state index in [2.05, 4.69) is 4.72 Å². The molecule has 0 bridgehead atoms. The Balaban J connectivity index is 2.00. The maximum atomic E-state index is 12.4. The normalized spacial score (nSPS) is 11.3. The van der Waals surface area contributed by atoms with Gasteiger partial charge in [-0.15, -0.1) is 0 Å². The number of para-hydroxylation sites is 1. The van der Waals surface area contributed by atoms with Crippen molar-refractivity contribution < 1.29 is 13.2 Å². The van der Waals surface area contributed by atoms with Crippen LogP contribution in [0, 0.1) is 13.8 Å². The third kappa shape index (κ3) is 4.90. The smallest absolute Gasteiger partial charge is 0.240 e. The first-order valence-electron chi connectivity index (χ1n) is 8.27. The number of nitrogens with zero attached hydrogens (tertiary/aromatic N) is 1. The quantitative estimate of drug-likeness (QED) is 0.825. The number of sulfonamides is 1. The van der Waals surface area contributed by atoms with Gasteiger partial charge in [0.1, 0.15) is 0 Å². The summed E-state index contributed by atoms with van der Waals surface area (Å²) in [5.41, 5.74) is 2.51. The zero-order chi connectivity index (χ0) is 18.4. The van der Waals surface area contributed by atoms with Gasteiger partial charge >= 0.3 is 0 Å². The summed E-state index contributed by atoms with van der Waals surface area (Å²) in [7, 11) is -3.62. The van der Waals surface area contributed by atoms with Crippen LogP contribution in [0.2, 0.25) is 0 Å². The second-order valence-corrected chi connectivity index (χ2v) is 7.63. The molecule has 2 rings (SSSR count). The first-order valence-corrected chi connectivity index (χ1v) is 9.76. The molecule has 0 saturated heterocycles. The van der Waals surface area contributed by atoms with Crippen LogP contribution in [0.1, 0.15) is 24.5 Å². The summed E-state index contributed by atoms with van der Waals surface area (Å²) in [6.45, 7) is 6.18. The Hall–Kier alpha value is -2.18.